The minimum absolute atomic E-state index is 0.126. The Morgan fingerprint density at radius 3 is 2.47 bits per heavy atom. The van der Waals surface area contributed by atoms with E-state index in [9.17, 15) is 39.3 Å². The van der Waals surface area contributed by atoms with Gasteiger partial charge in [-0.15, -0.1) is 0 Å². The van der Waals surface area contributed by atoms with E-state index in [1.54, 1.807) is 45.1 Å². The van der Waals surface area contributed by atoms with Crippen LogP contribution in [0.15, 0.2) is 47.6 Å². The smallest absolute Gasteiger partial charge is 0.409 e. The van der Waals surface area contributed by atoms with Crippen LogP contribution < -0.4 is 21.3 Å². The van der Waals surface area contributed by atoms with Crippen molar-refractivity contribution in [3.8, 4) is 5.75 Å². The molecule has 0 aromatic heterocycles. The van der Waals surface area contributed by atoms with Crippen molar-refractivity contribution in [3.63, 3.8) is 0 Å². The number of aliphatic hydroxyl groups excluding tert-OH is 1. The lowest BCUT2D eigenvalue weighted by molar-refractivity contribution is -0.236. The predicted molar refractivity (Wildman–Crippen MR) is 204 cm³/mol. The maximum absolute atomic E-state index is 14.9. The van der Waals surface area contributed by atoms with Gasteiger partial charge in [-0.05, 0) is 43.5 Å². The van der Waals surface area contributed by atoms with E-state index in [2.05, 4.69) is 10.6 Å². The predicted octanol–water partition coefficient (Wildman–Crippen LogP) is 2.46. The molecule has 1 aromatic rings. The Morgan fingerprint density at radius 1 is 1.14 bits per heavy atom. The number of carbonyl (C=O) groups is 5. The summed E-state index contributed by atoms with van der Waals surface area (Å²) in [6, 6.07) is 2.86. The number of aliphatic hydroxyl groups is 2. The molecule has 4 bridgehead atoms. The van der Waals surface area contributed by atoms with Gasteiger partial charge in [-0.25, -0.2) is 14.4 Å². The summed E-state index contributed by atoms with van der Waals surface area (Å²) in [6.45, 7) is 5.63. The fourth-order valence-electron chi connectivity index (χ4n) is 7.07. The second kappa shape index (κ2) is 19.7. The summed E-state index contributed by atoms with van der Waals surface area (Å²) >= 11 is 6.74. The molecular weight excluding hydrogens is 788 g/mol. The molecule has 0 saturated carbocycles. The quantitative estimate of drug-likeness (QED) is 0.131. The number of amides is 4. The van der Waals surface area contributed by atoms with E-state index in [0.717, 1.165) is 11.8 Å². The summed E-state index contributed by atoms with van der Waals surface area (Å²) in [4.78, 5) is 65.2. The first-order valence-corrected chi connectivity index (χ1v) is 18.6. The van der Waals surface area contributed by atoms with Crippen molar-refractivity contribution in [3.05, 3.63) is 58.2 Å². The summed E-state index contributed by atoms with van der Waals surface area (Å²) < 4.78 is 39.0. The number of alkyl carbamates (subject to hydrolysis) is 2. The van der Waals surface area contributed by atoms with Gasteiger partial charge in [0.15, 0.2) is 18.1 Å². The number of halogens is 1. The van der Waals surface area contributed by atoms with Gasteiger partial charge in [0.05, 0.1) is 12.1 Å². The van der Waals surface area contributed by atoms with Crippen molar-refractivity contribution in [1.29, 1.82) is 0 Å². The Hall–Kier alpha value is -4.92. The van der Waals surface area contributed by atoms with Crippen LogP contribution in [0.2, 0.25) is 5.02 Å². The first kappa shape index (κ1) is 45.8. The van der Waals surface area contributed by atoms with E-state index in [1.807, 2.05) is 0 Å². The average Bonchev–Trinajstić information content (AvgIpc) is 3.14. The van der Waals surface area contributed by atoms with Crippen molar-refractivity contribution in [2.75, 3.05) is 32.8 Å². The molecular formula is C38H51ClN4O15. The van der Waals surface area contributed by atoms with E-state index in [-0.39, 0.29) is 23.6 Å². The molecule has 0 radical (unpaired) electrons. The van der Waals surface area contributed by atoms with E-state index in [4.69, 9.17) is 50.5 Å². The molecule has 20 heteroatoms. The van der Waals surface area contributed by atoms with Crippen LogP contribution in [0.25, 0.3) is 0 Å². The molecule has 2 saturated heterocycles. The maximum atomic E-state index is 14.9. The number of benzene rings is 1. The number of nitrogens with one attached hydrogen (secondary N) is 2. The Labute approximate surface area is 340 Å². The fourth-order valence-corrected chi connectivity index (χ4v) is 7.27. The highest BCUT2D eigenvalue weighted by molar-refractivity contribution is 6.35. The zero-order valence-corrected chi connectivity index (χ0v) is 33.9. The number of primary amides is 1. The Bertz CT molecular complexity index is 1810. The van der Waals surface area contributed by atoms with Crippen LogP contribution in [0, 0.1) is 5.92 Å². The summed E-state index contributed by atoms with van der Waals surface area (Å²) in [6.07, 6.45) is -8.27. The van der Waals surface area contributed by atoms with Gasteiger partial charge in [0.2, 0.25) is 5.91 Å². The van der Waals surface area contributed by atoms with Gasteiger partial charge in [-0.2, -0.15) is 0 Å². The van der Waals surface area contributed by atoms with Gasteiger partial charge in [0.25, 0.3) is 0 Å². The molecule has 1 aromatic carbocycles. The number of anilines is 1. The van der Waals surface area contributed by atoms with Crippen molar-refractivity contribution in [2.24, 2.45) is 11.7 Å². The Morgan fingerprint density at radius 2 is 1.84 bits per heavy atom. The highest BCUT2D eigenvalue weighted by Gasteiger charge is 2.52. The second-order valence-electron chi connectivity index (χ2n) is 14.2. The minimum Gasteiger partial charge on any atom is -0.506 e. The summed E-state index contributed by atoms with van der Waals surface area (Å²) in [5.74, 6) is -2.68. The van der Waals surface area contributed by atoms with Crippen molar-refractivity contribution < 1.29 is 72.5 Å². The number of methoxy groups -OCH3 is 2. The zero-order chi connectivity index (χ0) is 43.1. The number of hydrogen-bond acceptors (Lipinski definition) is 15. The van der Waals surface area contributed by atoms with E-state index < -0.39 is 110 Å². The lowest BCUT2D eigenvalue weighted by Crippen LogP contribution is -2.66. The first-order valence-electron chi connectivity index (χ1n) is 18.3. The molecule has 7 N–H and O–H groups in total. The van der Waals surface area contributed by atoms with Crippen LogP contribution in [-0.2, 0) is 49.2 Å². The van der Waals surface area contributed by atoms with E-state index in [0.29, 0.717) is 16.7 Å². The van der Waals surface area contributed by atoms with Gasteiger partial charge in [-0.1, -0.05) is 48.4 Å². The third-order valence-electron chi connectivity index (χ3n) is 9.88. The number of nitrogens with two attached hydrogens (primary N) is 1. The van der Waals surface area contributed by atoms with Crippen molar-refractivity contribution in [1.82, 2.24) is 10.6 Å². The van der Waals surface area contributed by atoms with Crippen LogP contribution in [0.5, 0.6) is 5.75 Å². The largest absolute Gasteiger partial charge is 0.506 e. The SMILES string of the molecule is CNC(=O)O[C@H]1CC(=O)N([C@H]2O[C@@H](COC(C)=O)[C@H](OC(N)=O)[C@@H](OC)[C@@H]2O)c2cc(cc(O)c2Cl)C/C(C)=C/C=C/[C@@H](OC)[C@@]2(O)C[C@H](OC(=O)N2)[C@@H](C)/C=C/1C. The number of aromatic hydroxyl groups is 1. The van der Waals surface area contributed by atoms with Crippen molar-refractivity contribution >= 4 is 47.4 Å². The fraction of sp³-hybridized carbons (Fsp3) is 0.553. The number of allylic oxidation sites excluding steroid dienone is 3. The zero-order valence-electron chi connectivity index (χ0n) is 33.1. The lowest BCUT2D eigenvalue weighted by Gasteiger charge is -2.47. The van der Waals surface area contributed by atoms with Crippen LogP contribution in [0.3, 0.4) is 0 Å². The summed E-state index contributed by atoms with van der Waals surface area (Å²) in [5, 5.41) is 39.1. The number of rotatable bonds is 7. The number of esters is 1. The number of ether oxygens (including phenoxy) is 7. The molecule has 0 aliphatic carbocycles. The van der Waals surface area contributed by atoms with Gasteiger partial charge in [0.1, 0.15) is 54.0 Å². The molecule has 3 heterocycles. The van der Waals surface area contributed by atoms with E-state index >= 15 is 0 Å². The summed E-state index contributed by atoms with van der Waals surface area (Å²) in [5.41, 5.74) is 4.74. The monoisotopic (exact) mass is 838 g/mol. The number of nitrogens with zero attached hydrogens (tertiary/aromatic N) is 1. The van der Waals surface area contributed by atoms with Gasteiger partial charge < -0.3 is 59.5 Å². The number of hydrogen-bond donors (Lipinski definition) is 6. The van der Waals surface area contributed by atoms with Crippen LogP contribution >= 0.6 is 11.6 Å². The molecule has 320 valence electrons. The molecule has 0 spiro atoms. The van der Waals surface area contributed by atoms with Gasteiger partial charge >= 0.3 is 24.2 Å². The van der Waals surface area contributed by atoms with Crippen LogP contribution in [0.4, 0.5) is 20.1 Å². The Balaban J connectivity index is 1.95. The van der Waals surface area contributed by atoms with E-state index in [1.165, 1.54) is 33.4 Å². The molecule has 3 aliphatic heterocycles. The molecule has 10 atom stereocenters. The third-order valence-corrected chi connectivity index (χ3v) is 10.3. The van der Waals surface area contributed by atoms with Gasteiger partial charge in [-0.3, -0.25) is 19.8 Å². The van der Waals surface area contributed by atoms with Crippen molar-refractivity contribution in [2.45, 2.75) is 102 Å². The standard InChI is InChI=1S/C38H51ClN4O15/c1-18-9-8-10-28(52-6)38(51)16-26(57-37(50)42-38)20(3)12-19(2)25(56-36(49)41-5)15-29(46)43(23-13-22(11-18)14-24(45)30(23)39)34-31(47)33(53-7)32(58-35(40)48)27(55-34)17-54-21(4)44/h8-10,12-14,20,25-28,31-34,45,47,51H,11,15-17H2,1-7H3,(H2,40,48)(H,41,49)(H,42,50)/b10-8+,18-9+,19-12+/t20-,25-,26-,27-,28+,31-,32-,33-,34-,38-/m0/s1. The minimum atomic E-state index is -1.90. The third kappa shape index (κ3) is 11.0. The molecule has 4 amide bonds. The molecule has 0 unspecified atom stereocenters. The molecule has 2 fully saturated rings. The molecule has 4 rings (SSSR count). The Kier molecular flexibility index (Phi) is 15.5. The molecule has 58 heavy (non-hydrogen) atoms. The number of carbonyl (C=O) groups excluding carboxylic acids is 5. The lowest BCUT2D eigenvalue weighted by atomic mass is 9.89. The maximum Gasteiger partial charge on any atom is 0.409 e. The molecule has 19 nitrogen and oxygen atoms in total. The van der Waals surface area contributed by atoms with Gasteiger partial charge in [0, 0.05) is 40.5 Å². The number of phenolic OH excluding ortho intramolecular Hbond substituents is 1. The second-order valence-corrected chi connectivity index (χ2v) is 14.6. The number of phenols is 1. The normalized spacial score (nSPS) is 33.2. The highest BCUT2D eigenvalue weighted by Crippen LogP contribution is 2.41. The first-order chi connectivity index (χ1) is 27.3. The van der Waals surface area contributed by atoms with Crippen LogP contribution in [0.1, 0.15) is 46.1 Å². The number of fused-ring (bicyclic) bond motifs is 4. The summed E-state index contributed by atoms with van der Waals surface area (Å²) in [7, 11) is 3.88. The topological polar surface area (TPSA) is 264 Å². The van der Waals surface area contributed by atoms with Crippen LogP contribution in [-0.4, -0.2) is 128 Å². The molecule has 3 aliphatic rings. The highest BCUT2D eigenvalue weighted by atomic mass is 35.5. The average molecular weight is 839 g/mol.